The Morgan fingerprint density at radius 3 is 2.33 bits per heavy atom. The molecular formula is C18H25NO4S. The van der Waals surface area contributed by atoms with Crippen molar-refractivity contribution in [3.8, 4) is 0 Å². The smallest absolute Gasteiger partial charge is 0.326 e. The highest BCUT2D eigenvalue weighted by Gasteiger charge is 2.31. The lowest BCUT2D eigenvalue weighted by Gasteiger charge is -2.31. The van der Waals surface area contributed by atoms with Crippen LogP contribution in [0.15, 0.2) is 30.3 Å². The van der Waals surface area contributed by atoms with Gasteiger partial charge in [0, 0.05) is 31.6 Å². The standard InChI is InChI=1S/C18H25NO4S/c1-4-10-19(17(21)13(2)12-24-14(3)20)16(18(22)23)11-15-8-6-5-7-9-15/h5-9,13,16H,4,10-12H2,1-3H3,(H,22,23)/t13-,16+/m1/s1. The number of carbonyl (C=O) groups is 3. The minimum absolute atomic E-state index is 0.0456. The third kappa shape index (κ3) is 6.35. The Morgan fingerprint density at radius 1 is 1.21 bits per heavy atom. The summed E-state index contributed by atoms with van der Waals surface area (Å²) in [5, 5.41) is 9.58. The second-order valence-corrected chi connectivity index (χ2v) is 6.98. The molecule has 0 aliphatic carbocycles. The van der Waals surface area contributed by atoms with E-state index in [1.807, 2.05) is 37.3 Å². The Labute approximate surface area is 147 Å². The highest BCUT2D eigenvalue weighted by molar-refractivity contribution is 8.13. The first kappa shape index (κ1) is 20.2. The van der Waals surface area contributed by atoms with Crippen molar-refractivity contribution in [3.63, 3.8) is 0 Å². The molecule has 0 aromatic heterocycles. The van der Waals surface area contributed by atoms with Gasteiger partial charge < -0.3 is 10.0 Å². The van der Waals surface area contributed by atoms with Gasteiger partial charge in [-0.05, 0) is 12.0 Å². The lowest BCUT2D eigenvalue weighted by atomic mass is 10.0. The average molecular weight is 351 g/mol. The van der Waals surface area contributed by atoms with E-state index in [9.17, 15) is 19.5 Å². The van der Waals surface area contributed by atoms with Gasteiger partial charge in [0.15, 0.2) is 5.12 Å². The summed E-state index contributed by atoms with van der Waals surface area (Å²) in [6, 6.07) is 8.40. The van der Waals surface area contributed by atoms with E-state index in [0.717, 1.165) is 17.3 Å². The highest BCUT2D eigenvalue weighted by Crippen LogP contribution is 2.17. The number of carboxylic acid groups (broad SMARTS) is 1. The maximum atomic E-state index is 12.7. The topological polar surface area (TPSA) is 74.7 Å². The van der Waals surface area contributed by atoms with Crippen molar-refractivity contribution in [3.05, 3.63) is 35.9 Å². The second kappa shape index (κ2) is 10.1. The predicted molar refractivity (Wildman–Crippen MR) is 95.9 cm³/mol. The van der Waals surface area contributed by atoms with Crippen LogP contribution in [0.2, 0.25) is 0 Å². The monoisotopic (exact) mass is 351 g/mol. The summed E-state index contributed by atoms with van der Waals surface area (Å²) in [6.07, 6.45) is 0.950. The molecule has 1 aromatic rings. The molecule has 6 heteroatoms. The number of aliphatic carboxylic acids is 1. The fraction of sp³-hybridized carbons (Fsp3) is 0.500. The van der Waals surface area contributed by atoms with E-state index in [1.165, 1.54) is 11.8 Å². The van der Waals surface area contributed by atoms with Gasteiger partial charge >= 0.3 is 5.97 Å². The largest absolute Gasteiger partial charge is 0.480 e. The van der Waals surface area contributed by atoms with Crippen LogP contribution < -0.4 is 0 Å². The van der Waals surface area contributed by atoms with Crippen molar-refractivity contribution in [1.82, 2.24) is 4.90 Å². The summed E-state index contributed by atoms with van der Waals surface area (Å²) in [4.78, 5) is 37.0. The molecule has 0 saturated carbocycles. The van der Waals surface area contributed by atoms with Crippen molar-refractivity contribution in [2.75, 3.05) is 12.3 Å². The van der Waals surface area contributed by atoms with Crippen molar-refractivity contribution >= 4 is 28.8 Å². The van der Waals surface area contributed by atoms with Crippen LogP contribution in [0.25, 0.3) is 0 Å². The molecule has 1 aromatic carbocycles. The first-order valence-electron chi connectivity index (χ1n) is 8.07. The van der Waals surface area contributed by atoms with Crippen molar-refractivity contribution < 1.29 is 19.5 Å². The molecule has 0 spiro atoms. The molecule has 0 fully saturated rings. The number of hydrogen-bond acceptors (Lipinski definition) is 4. The molecule has 0 unspecified atom stereocenters. The molecule has 2 atom stereocenters. The summed E-state index contributed by atoms with van der Waals surface area (Å²) in [5.74, 6) is -1.25. The number of nitrogens with zero attached hydrogens (tertiary/aromatic N) is 1. The molecular weight excluding hydrogens is 326 g/mol. The molecule has 5 nitrogen and oxygen atoms in total. The van der Waals surface area contributed by atoms with Crippen LogP contribution >= 0.6 is 11.8 Å². The van der Waals surface area contributed by atoms with E-state index >= 15 is 0 Å². The number of benzene rings is 1. The maximum Gasteiger partial charge on any atom is 0.326 e. The van der Waals surface area contributed by atoms with Crippen LogP contribution in [-0.4, -0.2) is 45.3 Å². The molecule has 0 heterocycles. The van der Waals surface area contributed by atoms with E-state index in [2.05, 4.69) is 0 Å². The van der Waals surface area contributed by atoms with Gasteiger partial charge in [0.2, 0.25) is 5.91 Å². The predicted octanol–water partition coefficient (Wildman–Crippen LogP) is 2.84. The van der Waals surface area contributed by atoms with Crippen LogP contribution in [0.3, 0.4) is 0 Å². The molecule has 132 valence electrons. The van der Waals surface area contributed by atoms with E-state index in [1.54, 1.807) is 6.92 Å². The van der Waals surface area contributed by atoms with Gasteiger partial charge in [0.25, 0.3) is 0 Å². The fourth-order valence-electron chi connectivity index (χ4n) is 2.43. The molecule has 1 amide bonds. The summed E-state index contributed by atoms with van der Waals surface area (Å²) in [6.45, 7) is 5.50. The third-order valence-electron chi connectivity index (χ3n) is 3.64. The Balaban J connectivity index is 2.93. The van der Waals surface area contributed by atoms with E-state index in [-0.39, 0.29) is 17.4 Å². The molecule has 1 N–H and O–H groups in total. The van der Waals surface area contributed by atoms with E-state index < -0.39 is 17.9 Å². The van der Waals surface area contributed by atoms with Gasteiger partial charge in [0.1, 0.15) is 6.04 Å². The minimum Gasteiger partial charge on any atom is -0.480 e. The van der Waals surface area contributed by atoms with Gasteiger partial charge in [-0.2, -0.15) is 0 Å². The minimum atomic E-state index is -1.01. The number of carbonyl (C=O) groups excluding carboxylic acids is 2. The van der Waals surface area contributed by atoms with Crippen LogP contribution in [0.5, 0.6) is 0 Å². The lowest BCUT2D eigenvalue weighted by molar-refractivity contribution is -0.151. The van der Waals surface area contributed by atoms with Crippen molar-refractivity contribution in [2.45, 2.75) is 39.7 Å². The zero-order valence-corrected chi connectivity index (χ0v) is 15.2. The summed E-state index contributed by atoms with van der Waals surface area (Å²) < 4.78 is 0. The second-order valence-electron chi connectivity index (χ2n) is 5.78. The Kier molecular flexibility index (Phi) is 8.54. The quantitative estimate of drug-likeness (QED) is 0.740. The summed E-state index contributed by atoms with van der Waals surface area (Å²) in [5.41, 5.74) is 0.879. The first-order valence-corrected chi connectivity index (χ1v) is 9.05. The third-order valence-corrected chi connectivity index (χ3v) is 4.71. The van der Waals surface area contributed by atoms with Gasteiger partial charge in [-0.15, -0.1) is 0 Å². The van der Waals surface area contributed by atoms with Gasteiger partial charge in [-0.25, -0.2) is 4.79 Å². The molecule has 0 aliphatic heterocycles. The van der Waals surface area contributed by atoms with E-state index in [4.69, 9.17) is 0 Å². The number of hydrogen-bond donors (Lipinski definition) is 1. The number of rotatable bonds is 9. The average Bonchev–Trinajstić information content (AvgIpc) is 2.55. The normalized spacial score (nSPS) is 13.1. The Morgan fingerprint density at radius 2 is 1.83 bits per heavy atom. The fourth-order valence-corrected chi connectivity index (χ4v) is 3.05. The maximum absolute atomic E-state index is 12.7. The molecule has 0 radical (unpaired) electrons. The van der Waals surface area contributed by atoms with Crippen LogP contribution in [-0.2, 0) is 20.8 Å². The molecule has 0 bridgehead atoms. The summed E-state index contributed by atoms with van der Waals surface area (Å²) >= 11 is 1.09. The van der Waals surface area contributed by atoms with Gasteiger partial charge in [0.05, 0.1) is 0 Å². The van der Waals surface area contributed by atoms with Crippen LogP contribution in [0.4, 0.5) is 0 Å². The lowest BCUT2D eigenvalue weighted by Crippen LogP contribution is -2.49. The SMILES string of the molecule is CCCN(C(=O)[C@H](C)CSC(C)=O)[C@@H](Cc1ccccc1)C(=O)O. The molecule has 0 aliphatic rings. The zero-order chi connectivity index (χ0) is 18.1. The Hall–Kier alpha value is -1.82. The van der Waals surface area contributed by atoms with E-state index in [0.29, 0.717) is 18.7 Å². The zero-order valence-electron chi connectivity index (χ0n) is 14.4. The highest BCUT2D eigenvalue weighted by atomic mass is 32.2. The molecule has 0 saturated heterocycles. The van der Waals surface area contributed by atoms with Gasteiger partial charge in [-0.1, -0.05) is 55.9 Å². The molecule has 1 rings (SSSR count). The number of carboxylic acids is 1. The van der Waals surface area contributed by atoms with Crippen molar-refractivity contribution in [2.24, 2.45) is 5.92 Å². The van der Waals surface area contributed by atoms with Crippen molar-refractivity contribution in [1.29, 1.82) is 0 Å². The van der Waals surface area contributed by atoms with Crippen LogP contribution in [0.1, 0.15) is 32.8 Å². The number of amides is 1. The number of thioether (sulfide) groups is 1. The summed E-state index contributed by atoms with van der Waals surface area (Å²) in [7, 11) is 0. The molecule has 24 heavy (non-hydrogen) atoms. The van der Waals surface area contributed by atoms with Gasteiger partial charge in [-0.3, -0.25) is 9.59 Å². The first-order chi connectivity index (χ1) is 11.4. The van der Waals surface area contributed by atoms with Crippen LogP contribution in [0, 0.1) is 5.92 Å². The Bertz CT molecular complexity index is 561.